The van der Waals surface area contributed by atoms with Gasteiger partial charge in [0.2, 0.25) is 17.7 Å². The maximum atomic E-state index is 14.7. The number of alkyl halides is 2. The number of hydrogen-bond acceptors (Lipinski definition) is 11. The van der Waals surface area contributed by atoms with Crippen molar-refractivity contribution in [3.05, 3.63) is 76.2 Å². The van der Waals surface area contributed by atoms with Gasteiger partial charge in [0.1, 0.15) is 6.04 Å². The second kappa shape index (κ2) is 18.6. The van der Waals surface area contributed by atoms with Gasteiger partial charge in [0.15, 0.2) is 5.82 Å². The number of anilines is 3. The number of imide groups is 2. The molecule has 16 nitrogen and oxygen atoms in total. The Morgan fingerprint density at radius 3 is 2.36 bits per heavy atom. The number of aryl methyl sites for hydroxylation is 2. The first-order valence-electron chi connectivity index (χ1n) is 24.0. The Labute approximate surface area is 388 Å². The first-order chi connectivity index (χ1) is 32.4. The van der Waals surface area contributed by atoms with Crippen LogP contribution in [0.5, 0.6) is 0 Å². The number of nitrogens with zero attached hydrogens (tertiary/aromatic N) is 9. The average molecular weight is 920 g/mol. The molecule has 2 aromatic heterocycles. The smallest absolute Gasteiger partial charge is 0.264 e. The summed E-state index contributed by atoms with van der Waals surface area (Å²) in [5.41, 5.74) is 6.30. The minimum atomic E-state index is -2.66. The van der Waals surface area contributed by atoms with Crippen LogP contribution in [0.4, 0.5) is 26.0 Å². The molecule has 6 aliphatic heterocycles. The molecule has 1 unspecified atom stereocenters. The van der Waals surface area contributed by atoms with Gasteiger partial charge in [-0.25, -0.2) is 8.78 Å². The van der Waals surface area contributed by atoms with Crippen LogP contribution >= 0.6 is 0 Å². The fourth-order valence-electron chi connectivity index (χ4n) is 11.3. The van der Waals surface area contributed by atoms with E-state index in [9.17, 15) is 32.8 Å². The molecule has 2 N–H and O–H groups in total. The Morgan fingerprint density at radius 1 is 0.896 bits per heavy atom. The van der Waals surface area contributed by atoms with Crippen molar-refractivity contribution in [1.29, 1.82) is 0 Å². The van der Waals surface area contributed by atoms with Crippen LogP contribution in [-0.2, 0) is 40.8 Å². The fourth-order valence-corrected chi connectivity index (χ4v) is 11.3. The second-order valence-electron chi connectivity index (χ2n) is 19.2. The van der Waals surface area contributed by atoms with Crippen molar-refractivity contribution >= 4 is 46.7 Å². The Balaban J connectivity index is 0.731. The maximum Gasteiger partial charge on any atom is 0.264 e. The number of halogens is 2. The van der Waals surface area contributed by atoms with E-state index in [2.05, 4.69) is 35.1 Å². The quantitative estimate of drug-likeness (QED) is 0.174. The highest BCUT2D eigenvalue weighted by Gasteiger charge is 2.46. The number of nitrogens with one attached hydrogen (secondary N) is 2. The summed E-state index contributed by atoms with van der Waals surface area (Å²) < 4.78 is 33.3. The van der Waals surface area contributed by atoms with Crippen molar-refractivity contribution in [2.75, 3.05) is 69.1 Å². The molecule has 0 spiro atoms. The summed E-state index contributed by atoms with van der Waals surface area (Å²) in [4.78, 5) is 73.8. The Bertz CT molecular complexity index is 2590. The zero-order valence-corrected chi connectivity index (χ0v) is 38.3. The molecule has 10 rings (SSSR count). The van der Waals surface area contributed by atoms with Gasteiger partial charge in [-0.3, -0.25) is 43.6 Å². The van der Waals surface area contributed by atoms with Crippen LogP contribution in [0.1, 0.15) is 114 Å². The monoisotopic (exact) mass is 919 g/mol. The van der Waals surface area contributed by atoms with Gasteiger partial charge in [0, 0.05) is 99.5 Å². The lowest BCUT2D eigenvalue weighted by Crippen LogP contribution is -2.54. The zero-order chi connectivity index (χ0) is 46.5. The van der Waals surface area contributed by atoms with Gasteiger partial charge in [-0.1, -0.05) is 6.07 Å². The summed E-state index contributed by atoms with van der Waals surface area (Å²) in [7, 11) is 1.79. The van der Waals surface area contributed by atoms with E-state index >= 15 is 0 Å². The molecule has 67 heavy (non-hydrogen) atoms. The van der Waals surface area contributed by atoms with Gasteiger partial charge < -0.3 is 24.9 Å². The highest BCUT2D eigenvalue weighted by molar-refractivity contribution is 6.25. The molecule has 0 bridgehead atoms. The number of piperidine rings is 3. The van der Waals surface area contributed by atoms with Gasteiger partial charge in [0.05, 0.1) is 29.9 Å². The molecule has 1 atom stereocenters. The summed E-state index contributed by atoms with van der Waals surface area (Å²) in [5, 5.41) is 15.3. The maximum absolute atomic E-state index is 14.7. The number of carbonyl (C=O) groups excluding carboxylic acids is 5. The third-order valence-electron chi connectivity index (χ3n) is 15.0. The van der Waals surface area contributed by atoms with E-state index in [1.165, 1.54) is 0 Å². The summed E-state index contributed by atoms with van der Waals surface area (Å²) in [5.74, 6) is -0.804. The number of aromatic nitrogens is 4. The first-order valence-corrected chi connectivity index (χ1v) is 24.0. The van der Waals surface area contributed by atoms with Crippen molar-refractivity contribution in [3.8, 4) is 11.1 Å². The topological polar surface area (TPSA) is 161 Å². The SMILES string of the molecule is CC(=O)N1CCc2c(c(N3CCCc4cc(-c5cnn(C)c5)c(C(F)F)cc43)nn2C2CCN(CCCN3CCC(CNc4cccc5c4C(=O)N(C4CCC(=O)NC4=O)C5=O)CC3)CC2)C1. The fraction of sp³-hybridized carbons (Fsp3) is 0.531. The number of amides is 5. The highest BCUT2D eigenvalue weighted by Crippen LogP contribution is 2.44. The molecule has 2 aromatic carbocycles. The molecule has 8 heterocycles. The Hall–Kier alpha value is -6.01. The minimum absolute atomic E-state index is 0.0167. The first kappa shape index (κ1) is 44.8. The molecule has 6 aliphatic rings. The Morgan fingerprint density at radius 2 is 1.66 bits per heavy atom. The van der Waals surface area contributed by atoms with Gasteiger partial charge in [0.25, 0.3) is 18.2 Å². The lowest BCUT2D eigenvalue weighted by molar-refractivity contribution is -0.136. The van der Waals surface area contributed by atoms with Crippen LogP contribution in [-0.4, -0.2) is 134 Å². The summed E-state index contributed by atoms with van der Waals surface area (Å²) in [6, 6.07) is 7.97. The molecule has 0 radical (unpaired) electrons. The van der Waals surface area contributed by atoms with Crippen molar-refractivity contribution in [3.63, 3.8) is 0 Å². The standard InChI is InChI=1S/C49H59F2N11O5/c1-30(63)59-23-15-40-38(29-59)46(60-18-4-6-32-24-36(33-27-53-56(2)28-33)37(45(50)51)25-42(32)60)55-62(40)34-13-21-58(22-14-34)17-5-16-57-19-11-31(12-20-57)26-52-39-8-3-7-35-44(39)49(67)61(48(35)66)41-9-10-43(64)54-47(41)65/h3,7-8,24-25,27-28,31,34,41,45,52H,4-6,9-23,26,29H2,1-2H3,(H,54,64,65). The van der Waals surface area contributed by atoms with Gasteiger partial charge in [-0.15, -0.1) is 0 Å². The molecule has 0 saturated carbocycles. The predicted octanol–water partition coefficient (Wildman–Crippen LogP) is 5.46. The van der Waals surface area contributed by atoms with Crippen molar-refractivity contribution in [2.45, 2.75) is 96.2 Å². The van der Waals surface area contributed by atoms with Crippen molar-refractivity contribution < 1.29 is 32.8 Å². The van der Waals surface area contributed by atoms with E-state index in [0.717, 1.165) is 117 Å². The largest absolute Gasteiger partial charge is 0.384 e. The van der Waals surface area contributed by atoms with Crippen molar-refractivity contribution in [1.82, 2.24) is 44.5 Å². The van der Waals surface area contributed by atoms with E-state index in [4.69, 9.17) is 5.10 Å². The molecule has 18 heteroatoms. The molecule has 3 fully saturated rings. The lowest BCUT2D eigenvalue weighted by Gasteiger charge is -2.35. The number of rotatable bonds is 12. The van der Waals surface area contributed by atoms with Crippen LogP contribution in [0.15, 0.2) is 42.7 Å². The number of likely N-dealkylation sites (tertiary alicyclic amines) is 2. The molecule has 354 valence electrons. The number of benzene rings is 2. The van der Waals surface area contributed by atoms with Crippen LogP contribution < -0.4 is 15.5 Å². The van der Waals surface area contributed by atoms with Crippen LogP contribution in [0.2, 0.25) is 0 Å². The minimum Gasteiger partial charge on any atom is -0.384 e. The van der Waals surface area contributed by atoms with E-state index < -0.39 is 36.1 Å². The molecule has 0 aliphatic carbocycles. The van der Waals surface area contributed by atoms with E-state index in [1.807, 2.05) is 17.0 Å². The van der Waals surface area contributed by atoms with Crippen LogP contribution in [0.3, 0.4) is 0 Å². The highest BCUT2D eigenvalue weighted by atomic mass is 19.3. The van der Waals surface area contributed by atoms with E-state index in [-0.39, 0.29) is 35.9 Å². The Kier molecular flexibility index (Phi) is 12.4. The summed E-state index contributed by atoms with van der Waals surface area (Å²) in [6.07, 6.45) is 8.33. The van der Waals surface area contributed by atoms with Crippen LogP contribution in [0, 0.1) is 5.92 Å². The zero-order valence-electron chi connectivity index (χ0n) is 38.3. The van der Waals surface area contributed by atoms with E-state index in [0.29, 0.717) is 60.9 Å². The molecule has 4 aromatic rings. The predicted molar refractivity (Wildman–Crippen MR) is 246 cm³/mol. The molecule has 5 amide bonds. The third-order valence-corrected chi connectivity index (χ3v) is 15.0. The van der Waals surface area contributed by atoms with Crippen molar-refractivity contribution in [2.24, 2.45) is 13.0 Å². The normalized spacial score (nSPS) is 21.0. The molecule has 3 saturated heterocycles. The van der Waals surface area contributed by atoms with Gasteiger partial charge >= 0.3 is 0 Å². The number of hydrogen-bond donors (Lipinski definition) is 2. The van der Waals surface area contributed by atoms with Gasteiger partial charge in [-0.05, 0) is 119 Å². The molecular formula is C49H59F2N11O5. The number of carbonyl (C=O) groups is 5. The van der Waals surface area contributed by atoms with E-state index in [1.54, 1.807) is 49.2 Å². The number of fused-ring (bicyclic) bond motifs is 3. The second-order valence-corrected chi connectivity index (χ2v) is 19.2. The summed E-state index contributed by atoms with van der Waals surface area (Å²) >= 11 is 0. The van der Waals surface area contributed by atoms with Crippen LogP contribution in [0.25, 0.3) is 11.1 Å². The molecular weight excluding hydrogens is 861 g/mol. The third kappa shape index (κ3) is 8.73. The van der Waals surface area contributed by atoms with Gasteiger partial charge in [-0.2, -0.15) is 10.2 Å². The average Bonchev–Trinajstić information content (AvgIpc) is 4.01. The summed E-state index contributed by atoms with van der Waals surface area (Å²) in [6.45, 7) is 9.98. The lowest BCUT2D eigenvalue weighted by atomic mass is 9.92.